The lowest BCUT2D eigenvalue weighted by Gasteiger charge is -2.46. The van der Waals surface area contributed by atoms with Crippen LogP contribution in [0.4, 0.5) is 8.78 Å². The zero-order valence-corrected chi connectivity index (χ0v) is 19.3. The van der Waals surface area contributed by atoms with Gasteiger partial charge in [0.2, 0.25) is 0 Å². The maximum atomic E-state index is 15.4. The summed E-state index contributed by atoms with van der Waals surface area (Å²) < 4.78 is 34.9. The first-order valence-electron chi connectivity index (χ1n) is 12.5. The molecule has 180 valence electrons. The molecule has 1 heterocycles. The fraction of sp³-hybridized carbons (Fsp3) is 0.464. The molecule has 6 heteroatoms. The van der Waals surface area contributed by atoms with Gasteiger partial charge in [0.1, 0.15) is 28.5 Å². The summed E-state index contributed by atoms with van der Waals surface area (Å²) in [5.41, 5.74) is -0.147. The van der Waals surface area contributed by atoms with Crippen LogP contribution in [0.2, 0.25) is 0 Å². The van der Waals surface area contributed by atoms with Crippen molar-refractivity contribution >= 4 is 11.0 Å². The number of benzene rings is 2. The van der Waals surface area contributed by atoms with Crippen LogP contribution in [0.25, 0.3) is 11.0 Å². The maximum Gasteiger partial charge on any atom is 0.345 e. The van der Waals surface area contributed by atoms with Crippen LogP contribution >= 0.6 is 0 Å². The van der Waals surface area contributed by atoms with Crippen molar-refractivity contribution in [3.05, 3.63) is 75.6 Å². The minimum absolute atomic E-state index is 0.0420. The van der Waals surface area contributed by atoms with Crippen LogP contribution in [0.3, 0.4) is 0 Å². The van der Waals surface area contributed by atoms with Gasteiger partial charge in [-0.1, -0.05) is 56.7 Å². The van der Waals surface area contributed by atoms with Crippen LogP contribution in [-0.2, 0) is 0 Å². The molecule has 0 radical (unpaired) electrons. The molecule has 4 nitrogen and oxygen atoms in total. The highest BCUT2D eigenvalue weighted by molar-refractivity contribution is 5.84. The van der Waals surface area contributed by atoms with Crippen molar-refractivity contribution in [3.63, 3.8) is 0 Å². The fourth-order valence-electron chi connectivity index (χ4n) is 6.06. The third-order valence-electron chi connectivity index (χ3n) is 7.64. The molecule has 2 aliphatic rings. The molecule has 1 aromatic heterocycles. The van der Waals surface area contributed by atoms with Gasteiger partial charge in [-0.15, -0.1) is 0 Å². The Morgan fingerprint density at radius 3 is 2.12 bits per heavy atom. The third-order valence-corrected chi connectivity index (χ3v) is 7.64. The summed E-state index contributed by atoms with van der Waals surface area (Å²) in [6.45, 7) is 0. The first-order valence-corrected chi connectivity index (χ1v) is 12.5. The molecule has 0 saturated heterocycles. The van der Waals surface area contributed by atoms with Gasteiger partial charge in [0.25, 0.3) is 0 Å². The molecule has 3 aromatic rings. The number of fused-ring (bicyclic) bond motifs is 1. The van der Waals surface area contributed by atoms with Gasteiger partial charge < -0.3 is 9.52 Å². The van der Waals surface area contributed by atoms with E-state index in [9.17, 15) is 14.3 Å². The van der Waals surface area contributed by atoms with Gasteiger partial charge in [0.05, 0.1) is 11.4 Å². The van der Waals surface area contributed by atoms with Crippen molar-refractivity contribution in [2.45, 2.75) is 82.3 Å². The van der Waals surface area contributed by atoms with Crippen LogP contribution in [0, 0.1) is 11.6 Å². The number of aromatic hydroxyl groups is 1. The fourth-order valence-corrected chi connectivity index (χ4v) is 6.06. The average molecular weight is 468 g/mol. The molecule has 1 unspecified atom stereocenters. The van der Waals surface area contributed by atoms with Crippen molar-refractivity contribution in [2.24, 2.45) is 0 Å². The Bertz CT molecular complexity index is 1190. The SMILES string of the molecule is O=c1oc2ccccc2c(O)c1C(c1ccc(F)cc1F)N(C1CCCCC1)C1CCCCC1. The summed E-state index contributed by atoms with van der Waals surface area (Å²) in [6.07, 6.45) is 10.4. The molecule has 1 atom stereocenters. The van der Waals surface area contributed by atoms with Gasteiger partial charge in [0.15, 0.2) is 0 Å². The van der Waals surface area contributed by atoms with Crippen LogP contribution in [-0.4, -0.2) is 22.1 Å². The van der Waals surface area contributed by atoms with E-state index in [2.05, 4.69) is 4.90 Å². The zero-order chi connectivity index (χ0) is 23.7. The van der Waals surface area contributed by atoms with Crippen molar-refractivity contribution in [2.75, 3.05) is 0 Å². The lowest BCUT2D eigenvalue weighted by molar-refractivity contribution is 0.0484. The van der Waals surface area contributed by atoms with E-state index in [1.54, 1.807) is 24.3 Å². The highest BCUT2D eigenvalue weighted by Crippen LogP contribution is 2.43. The second kappa shape index (κ2) is 9.87. The van der Waals surface area contributed by atoms with Crippen molar-refractivity contribution < 1.29 is 18.3 Å². The second-order valence-electron chi connectivity index (χ2n) is 9.75. The molecule has 34 heavy (non-hydrogen) atoms. The highest BCUT2D eigenvalue weighted by Gasteiger charge is 2.40. The minimum Gasteiger partial charge on any atom is -0.507 e. The van der Waals surface area contributed by atoms with E-state index >= 15 is 4.39 Å². The van der Waals surface area contributed by atoms with Gasteiger partial charge in [-0.2, -0.15) is 0 Å². The molecule has 0 amide bonds. The Morgan fingerprint density at radius 2 is 1.50 bits per heavy atom. The Morgan fingerprint density at radius 1 is 0.882 bits per heavy atom. The highest BCUT2D eigenvalue weighted by atomic mass is 19.1. The standard InChI is InChI=1S/C28H31F2NO3/c29-18-15-16-21(23(30)17-18)26(25-27(32)22-13-7-8-14-24(22)34-28(25)33)31(19-9-3-1-4-10-19)20-11-5-2-6-12-20/h7-8,13-17,19-20,26,32H,1-6,9-12H2. The van der Waals surface area contributed by atoms with Gasteiger partial charge in [-0.25, -0.2) is 13.6 Å². The summed E-state index contributed by atoms with van der Waals surface area (Å²) in [6, 6.07) is 9.78. The van der Waals surface area contributed by atoms with Gasteiger partial charge in [-0.3, -0.25) is 4.90 Å². The summed E-state index contributed by atoms with van der Waals surface area (Å²) in [4.78, 5) is 15.6. The number of halogens is 2. The molecule has 5 rings (SSSR count). The normalized spacial score (nSPS) is 19.0. The van der Waals surface area contributed by atoms with Gasteiger partial charge in [-0.05, 0) is 43.9 Å². The number of para-hydroxylation sites is 1. The first kappa shape index (κ1) is 23.0. The van der Waals surface area contributed by atoms with Crippen LogP contribution in [0.5, 0.6) is 5.75 Å². The van der Waals surface area contributed by atoms with E-state index in [0.717, 1.165) is 70.3 Å². The smallest absolute Gasteiger partial charge is 0.345 e. The third kappa shape index (κ3) is 4.36. The van der Waals surface area contributed by atoms with Gasteiger partial charge in [0, 0.05) is 23.7 Å². The van der Waals surface area contributed by atoms with E-state index < -0.39 is 23.3 Å². The molecule has 2 aromatic carbocycles. The summed E-state index contributed by atoms with van der Waals surface area (Å²) in [5.74, 6) is -1.57. The lowest BCUT2D eigenvalue weighted by Crippen LogP contribution is -2.48. The Hall–Kier alpha value is -2.73. The van der Waals surface area contributed by atoms with E-state index in [-0.39, 0.29) is 34.5 Å². The quantitative estimate of drug-likeness (QED) is 0.418. The first-order chi connectivity index (χ1) is 16.5. The molecular formula is C28H31F2NO3. The molecule has 2 saturated carbocycles. The number of nitrogens with zero attached hydrogens (tertiary/aromatic N) is 1. The molecule has 1 N–H and O–H groups in total. The predicted molar refractivity (Wildman–Crippen MR) is 128 cm³/mol. The number of rotatable bonds is 5. The average Bonchev–Trinajstić information content (AvgIpc) is 2.85. The monoisotopic (exact) mass is 467 g/mol. The maximum absolute atomic E-state index is 15.4. The second-order valence-corrected chi connectivity index (χ2v) is 9.75. The van der Waals surface area contributed by atoms with E-state index in [4.69, 9.17) is 4.42 Å². The van der Waals surface area contributed by atoms with E-state index in [0.29, 0.717) is 5.39 Å². The van der Waals surface area contributed by atoms with Crippen LogP contribution < -0.4 is 5.63 Å². The summed E-state index contributed by atoms with van der Waals surface area (Å²) >= 11 is 0. The number of hydrogen-bond acceptors (Lipinski definition) is 4. The topological polar surface area (TPSA) is 53.7 Å². The molecular weight excluding hydrogens is 436 g/mol. The lowest BCUT2D eigenvalue weighted by atomic mass is 9.84. The molecule has 0 bridgehead atoms. The predicted octanol–water partition coefficient (Wildman–Crippen LogP) is 6.83. The Balaban J connectivity index is 1.75. The van der Waals surface area contributed by atoms with Crippen LogP contribution in [0.1, 0.15) is 81.4 Å². The molecule has 0 spiro atoms. The zero-order valence-electron chi connectivity index (χ0n) is 19.3. The largest absolute Gasteiger partial charge is 0.507 e. The van der Waals surface area contributed by atoms with E-state index in [1.165, 1.54) is 12.1 Å². The Labute approximate surface area is 198 Å². The Kier molecular flexibility index (Phi) is 6.68. The van der Waals surface area contributed by atoms with Crippen LogP contribution in [0.15, 0.2) is 51.7 Å². The summed E-state index contributed by atoms with van der Waals surface area (Å²) in [7, 11) is 0. The summed E-state index contributed by atoms with van der Waals surface area (Å²) in [5, 5.41) is 11.8. The van der Waals surface area contributed by atoms with Crippen molar-refractivity contribution in [1.82, 2.24) is 4.90 Å². The number of hydrogen-bond donors (Lipinski definition) is 1. The van der Waals surface area contributed by atoms with E-state index in [1.807, 2.05) is 0 Å². The molecule has 2 aliphatic carbocycles. The van der Waals surface area contributed by atoms with Crippen molar-refractivity contribution in [1.29, 1.82) is 0 Å². The van der Waals surface area contributed by atoms with Crippen molar-refractivity contribution in [3.8, 4) is 5.75 Å². The minimum atomic E-state index is -0.854. The molecule has 0 aliphatic heterocycles. The molecule has 2 fully saturated rings. The van der Waals surface area contributed by atoms with Gasteiger partial charge >= 0.3 is 5.63 Å².